The van der Waals surface area contributed by atoms with Crippen LogP contribution in [0.5, 0.6) is 5.88 Å². The second kappa shape index (κ2) is 7.74. The SMILES string of the molecule is CC(C)Oc1nccnc1NCCc1coc(-c2ccc(F)cc2)n1. The van der Waals surface area contributed by atoms with Crippen LogP contribution in [0.3, 0.4) is 0 Å². The van der Waals surface area contributed by atoms with E-state index in [2.05, 4.69) is 20.3 Å². The lowest BCUT2D eigenvalue weighted by Crippen LogP contribution is -2.12. The molecule has 0 aliphatic carbocycles. The van der Waals surface area contributed by atoms with Crippen LogP contribution in [0.4, 0.5) is 10.2 Å². The number of hydrogen-bond acceptors (Lipinski definition) is 6. The van der Waals surface area contributed by atoms with Gasteiger partial charge in [-0.2, -0.15) is 0 Å². The van der Waals surface area contributed by atoms with Gasteiger partial charge in [0.15, 0.2) is 5.82 Å². The summed E-state index contributed by atoms with van der Waals surface area (Å²) in [6.07, 6.45) is 5.46. The molecule has 0 amide bonds. The Morgan fingerprint density at radius 3 is 2.68 bits per heavy atom. The Morgan fingerprint density at radius 2 is 1.92 bits per heavy atom. The third kappa shape index (κ3) is 4.53. The first kappa shape index (κ1) is 16.9. The van der Waals surface area contributed by atoms with Crippen LogP contribution in [0.2, 0.25) is 0 Å². The van der Waals surface area contributed by atoms with E-state index in [1.165, 1.54) is 12.1 Å². The van der Waals surface area contributed by atoms with Gasteiger partial charge in [-0.25, -0.2) is 19.3 Å². The zero-order chi connectivity index (χ0) is 17.6. The number of oxazole rings is 1. The molecule has 0 atom stereocenters. The van der Waals surface area contributed by atoms with Gasteiger partial charge < -0.3 is 14.5 Å². The van der Waals surface area contributed by atoms with Crippen molar-refractivity contribution in [3.05, 3.63) is 54.4 Å². The van der Waals surface area contributed by atoms with Crippen molar-refractivity contribution < 1.29 is 13.5 Å². The molecule has 0 spiro atoms. The molecule has 1 aromatic carbocycles. The number of rotatable bonds is 7. The minimum absolute atomic E-state index is 0.0195. The van der Waals surface area contributed by atoms with Gasteiger partial charge in [0.2, 0.25) is 5.89 Å². The molecular formula is C18H19FN4O2. The summed E-state index contributed by atoms with van der Waals surface area (Å²) < 4.78 is 24.0. The van der Waals surface area contributed by atoms with Gasteiger partial charge >= 0.3 is 0 Å². The summed E-state index contributed by atoms with van der Waals surface area (Å²) in [5, 5.41) is 3.19. The zero-order valence-electron chi connectivity index (χ0n) is 14.1. The van der Waals surface area contributed by atoms with Gasteiger partial charge in [-0.05, 0) is 38.1 Å². The summed E-state index contributed by atoms with van der Waals surface area (Å²) in [5.41, 5.74) is 1.53. The molecular weight excluding hydrogens is 323 g/mol. The maximum absolute atomic E-state index is 13.0. The summed E-state index contributed by atoms with van der Waals surface area (Å²) in [7, 11) is 0. The number of aromatic nitrogens is 3. The lowest BCUT2D eigenvalue weighted by atomic mass is 10.2. The minimum Gasteiger partial charge on any atom is -0.472 e. The van der Waals surface area contributed by atoms with Crippen LogP contribution >= 0.6 is 0 Å². The van der Waals surface area contributed by atoms with Gasteiger partial charge in [0.25, 0.3) is 5.88 Å². The summed E-state index contributed by atoms with van der Waals surface area (Å²) in [6.45, 7) is 4.47. The molecule has 0 fully saturated rings. The number of halogens is 1. The van der Waals surface area contributed by atoms with Gasteiger partial charge in [-0.1, -0.05) is 0 Å². The Bertz CT molecular complexity index is 818. The van der Waals surface area contributed by atoms with Crippen LogP contribution in [-0.2, 0) is 6.42 Å². The zero-order valence-corrected chi connectivity index (χ0v) is 14.1. The number of ether oxygens (including phenoxy) is 1. The molecule has 2 aromatic heterocycles. The molecule has 0 saturated heterocycles. The number of anilines is 1. The molecule has 0 aliphatic rings. The predicted molar refractivity (Wildman–Crippen MR) is 91.9 cm³/mol. The van der Waals surface area contributed by atoms with Crippen LogP contribution in [0, 0.1) is 5.82 Å². The van der Waals surface area contributed by atoms with E-state index < -0.39 is 0 Å². The monoisotopic (exact) mass is 342 g/mol. The van der Waals surface area contributed by atoms with E-state index in [4.69, 9.17) is 9.15 Å². The fraction of sp³-hybridized carbons (Fsp3) is 0.278. The van der Waals surface area contributed by atoms with Crippen molar-refractivity contribution in [3.63, 3.8) is 0 Å². The lowest BCUT2D eigenvalue weighted by Gasteiger charge is -2.12. The van der Waals surface area contributed by atoms with Gasteiger partial charge in [0, 0.05) is 30.9 Å². The standard InChI is InChI=1S/C18H19FN4O2/c1-12(2)25-18-16(21-9-10-22-18)20-8-7-15-11-24-17(23-15)13-3-5-14(19)6-4-13/h3-6,9-12H,7-8H2,1-2H3,(H,20,21). The van der Waals surface area contributed by atoms with Crippen molar-refractivity contribution in [2.75, 3.05) is 11.9 Å². The molecule has 7 heteroatoms. The molecule has 130 valence electrons. The smallest absolute Gasteiger partial charge is 0.257 e. The van der Waals surface area contributed by atoms with Gasteiger partial charge in [-0.3, -0.25) is 0 Å². The normalized spacial score (nSPS) is 10.9. The van der Waals surface area contributed by atoms with Crippen LogP contribution in [-0.4, -0.2) is 27.6 Å². The molecule has 3 rings (SSSR count). The Labute approximate surface area is 145 Å². The van der Waals surface area contributed by atoms with E-state index in [0.29, 0.717) is 30.6 Å². The highest BCUT2D eigenvalue weighted by Gasteiger charge is 2.10. The van der Waals surface area contributed by atoms with E-state index in [1.807, 2.05) is 13.8 Å². The third-order valence-electron chi connectivity index (χ3n) is 3.33. The molecule has 2 heterocycles. The Kier molecular flexibility index (Phi) is 5.23. The molecule has 25 heavy (non-hydrogen) atoms. The molecule has 6 nitrogen and oxygen atoms in total. The van der Waals surface area contributed by atoms with Crippen LogP contribution in [0.25, 0.3) is 11.5 Å². The first-order valence-corrected chi connectivity index (χ1v) is 8.03. The first-order valence-electron chi connectivity index (χ1n) is 8.03. The van der Waals surface area contributed by atoms with Crippen LogP contribution < -0.4 is 10.1 Å². The van der Waals surface area contributed by atoms with Gasteiger partial charge in [-0.15, -0.1) is 0 Å². The summed E-state index contributed by atoms with van der Waals surface area (Å²) in [6, 6.07) is 6.03. The van der Waals surface area contributed by atoms with Gasteiger partial charge in [0.1, 0.15) is 12.1 Å². The molecule has 0 bridgehead atoms. The highest BCUT2D eigenvalue weighted by molar-refractivity contribution is 5.52. The second-order valence-electron chi connectivity index (χ2n) is 5.70. The Balaban J connectivity index is 1.59. The number of nitrogens with one attached hydrogen (secondary N) is 1. The van der Waals surface area contributed by atoms with E-state index >= 15 is 0 Å². The van der Waals surface area contributed by atoms with Crippen molar-refractivity contribution in [1.29, 1.82) is 0 Å². The molecule has 3 aromatic rings. The summed E-state index contributed by atoms with van der Waals surface area (Å²) >= 11 is 0. The highest BCUT2D eigenvalue weighted by atomic mass is 19.1. The predicted octanol–water partition coefficient (Wildman–Crippen LogP) is 3.71. The number of benzene rings is 1. The van der Waals surface area contributed by atoms with Crippen molar-refractivity contribution in [2.45, 2.75) is 26.4 Å². The van der Waals surface area contributed by atoms with Crippen molar-refractivity contribution >= 4 is 5.82 Å². The Hall–Kier alpha value is -2.96. The van der Waals surface area contributed by atoms with E-state index in [1.54, 1.807) is 30.8 Å². The quantitative estimate of drug-likeness (QED) is 0.705. The number of nitrogens with zero attached hydrogens (tertiary/aromatic N) is 3. The fourth-order valence-corrected chi connectivity index (χ4v) is 2.21. The largest absolute Gasteiger partial charge is 0.472 e. The third-order valence-corrected chi connectivity index (χ3v) is 3.33. The summed E-state index contributed by atoms with van der Waals surface area (Å²) in [4.78, 5) is 12.8. The molecule has 1 N–H and O–H groups in total. The maximum Gasteiger partial charge on any atom is 0.257 e. The van der Waals surface area contributed by atoms with Crippen molar-refractivity contribution in [2.24, 2.45) is 0 Å². The lowest BCUT2D eigenvalue weighted by molar-refractivity contribution is 0.233. The molecule has 0 unspecified atom stereocenters. The first-order chi connectivity index (χ1) is 12.1. The Morgan fingerprint density at radius 1 is 1.16 bits per heavy atom. The number of hydrogen-bond donors (Lipinski definition) is 1. The van der Waals surface area contributed by atoms with Gasteiger partial charge in [0.05, 0.1) is 11.8 Å². The second-order valence-corrected chi connectivity index (χ2v) is 5.70. The average molecular weight is 342 g/mol. The summed E-state index contributed by atoms with van der Waals surface area (Å²) in [5.74, 6) is 1.25. The maximum atomic E-state index is 13.0. The molecule has 0 radical (unpaired) electrons. The van der Waals surface area contributed by atoms with E-state index in [0.717, 1.165) is 11.3 Å². The van der Waals surface area contributed by atoms with Crippen LogP contribution in [0.15, 0.2) is 47.3 Å². The molecule has 0 aliphatic heterocycles. The van der Waals surface area contributed by atoms with Crippen LogP contribution in [0.1, 0.15) is 19.5 Å². The average Bonchev–Trinajstić information content (AvgIpc) is 3.05. The van der Waals surface area contributed by atoms with Crippen molar-refractivity contribution in [1.82, 2.24) is 15.0 Å². The topological polar surface area (TPSA) is 73.1 Å². The van der Waals surface area contributed by atoms with E-state index in [-0.39, 0.29) is 11.9 Å². The van der Waals surface area contributed by atoms with E-state index in [9.17, 15) is 4.39 Å². The fourth-order valence-electron chi connectivity index (χ4n) is 2.21. The molecule has 0 saturated carbocycles. The highest BCUT2D eigenvalue weighted by Crippen LogP contribution is 2.20. The van der Waals surface area contributed by atoms with Crippen molar-refractivity contribution in [3.8, 4) is 17.3 Å². The minimum atomic E-state index is -0.289.